The molecule has 3 N–H and O–H groups in total. The molecule has 0 aliphatic rings. The molecule has 0 saturated heterocycles. The van der Waals surface area contributed by atoms with Gasteiger partial charge in [-0.3, -0.25) is 4.79 Å². The molecular formula is C13H19N3O5. The Hall–Kier alpha value is -2.22. The van der Waals surface area contributed by atoms with Gasteiger partial charge >= 0.3 is 11.7 Å². The van der Waals surface area contributed by atoms with Gasteiger partial charge in [0.15, 0.2) is 0 Å². The van der Waals surface area contributed by atoms with Crippen LogP contribution in [0.3, 0.4) is 0 Å². The van der Waals surface area contributed by atoms with Gasteiger partial charge in [-0.05, 0) is 13.8 Å². The lowest BCUT2D eigenvalue weighted by Gasteiger charge is -2.15. The Balaban J connectivity index is 2.77. The first-order valence-corrected chi connectivity index (χ1v) is 6.42. The number of carbonyl (C=O) groups excluding carboxylic acids is 1. The zero-order valence-electron chi connectivity index (χ0n) is 12.2. The minimum absolute atomic E-state index is 0.0434. The molecule has 1 aromatic rings. The van der Waals surface area contributed by atoms with Gasteiger partial charge in [-0.2, -0.15) is 4.98 Å². The van der Waals surface area contributed by atoms with Gasteiger partial charge in [-0.1, -0.05) is 0 Å². The van der Waals surface area contributed by atoms with Crippen molar-refractivity contribution in [3.63, 3.8) is 0 Å². The number of ether oxygens (including phenoxy) is 1. The average Bonchev–Trinajstić information content (AvgIpc) is 2.38. The van der Waals surface area contributed by atoms with Crippen LogP contribution in [0.1, 0.15) is 23.4 Å². The zero-order chi connectivity index (χ0) is 16.0. The highest BCUT2D eigenvalue weighted by atomic mass is 16.5. The number of hydrogen-bond acceptors (Lipinski definition) is 5. The largest absolute Gasteiger partial charge is 0.480 e. The summed E-state index contributed by atoms with van der Waals surface area (Å²) in [6.45, 7) is 3.53. The highest BCUT2D eigenvalue weighted by molar-refractivity contribution is 5.85. The van der Waals surface area contributed by atoms with Crippen LogP contribution in [0.15, 0.2) is 4.79 Å². The van der Waals surface area contributed by atoms with Crippen LogP contribution in [0, 0.1) is 13.8 Å². The molecule has 21 heavy (non-hydrogen) atoms. The summed E-state index contributed by atoms with van der Waals surface area (Å²) in [5, 5.41) is 11.5. The van der Waals surface area contributed by atoms with Gasteiger partial charge in [-0.15, -0.1) is 0 Å². The number of aromatic amines is 1. The number of hydrogen-bond donors (Lipinski definition) is 3. The lowest BCUT2D eigenvalue weighted by Crippen LogP contribution is -2.42. The summed E-state index contributed by atoms with van der Waals surface area (Å²) in [6.07, 6.45) is 0.137. The minimum atomic E-state index is -1.12. The van der Waals surface area contributed by atoms with E-state index in [4.69, 9.17) is 9.84 Å². The minimum Gasteiger partial charge on any atom is -0.480 e. The second-order valence-electron chi connectivity index (χ2n) is 4.65. The van der Waals surface area contributed by atoms with E-state index >= 15 is 0 Å². The van der Waals surface area contributed by atoms with Crippen molar-refractivity contribution >= 4 is 11.9 Å². The molecule has 0 fully saturated rings. The standard InChI is InChI=1S/C13H19N3O5/c1-7-9(8(2)15-13(20)14-7)6-11(17)16-10(12(18)19)4-5-21-3/h10H,4-6H2,1-3H3,(H,16,17)(H,18,19)(H,14,15,20). The fourth-order valence-electron chi connectivity index (χ4n) is 1.91. The normalized spacial score (nSPS) is 12.0. The first-order valence-electron chi connectivity index (χ1n) is 6.42. The van der Waals surface area contributed by atoms with Crippen molar-refractivity contribution in [1.82, 2.24) is 15.3 Å². The molecular weight excluding hydrogens is 278 g/mol. The molecule has 0 radical (unpaired) electrons. The molecule has 0 aliphatic carbocycles. The van der Waals surface area contributed by atoms with Crippen LogP contribution in [0.5, 0.6) is 0 Å². The smallest absolute Gasteiger partial charge is 0.345 e. The Morgan fingerprint density at radius 3 is 2.62 bits per heavy atom. The number of nitrogens with zero attached hydrogens (tertiary/aromatic N) is 1. The number of carboxylic acids is 1. The van der Waals surface area contributed by atoms with Crippen LogP contribution in [-0.2, 0) is 20.7 Å². The van der Waals surface area contributed by atoms with E-state index in [9.17, 15) is 14.4 Å². The van der Waals surface area contributed by atoms with E-state index < -0.39 is 23.6 Å². The number of H-pyrrole nitrogens is 1. The van der Waals surface area contributed by atoms with E-state index in [0.717, 1.165) is 0 Å². The number of amides is 1. The van der Waals surface area contributed by atoms with Crippen LogP contribution < -0.4 is 11.0 Å². The first kappa shape index (κ1) is 16.8. The van der Waals surface area contributed by atoms with Gasteiger partial charge in [0.05, 0.1) is 6.42 Å². The number of aryl methyl sites for hydroxylation is 2. The number of methoxy groups -OCH3 is 1. The predicted molar refractivity (Wildman–Crippen MR) is 74.1 cm³/mol. The number of carbonyl (C=O) groups is 2. The van der Waals surface area contributed by atoms with Crippen molar-refractivity contribution in [3.05, 3.63) is 27.4 Å². The van der Waals surface area contributed by atoms with Gasteiger partial charge in [0.25, 0.3) is 0 Å². The van der Waals surface area contributed by atoms with E-state index in [-0.39, 0.29) is 19.4 Å². The maximum atomic E-state index is 11.9. The summed E-state index contributed by atoms with van der Waals surface area (Å²) in [5.74, 6) is -1.56. The van der Waals surface area contributed by atoms with E-state index in [1.165, 1.54) is 7.11 Å². The summed E-state index contributed by atoms with van der Waals surface area (Å²) in [6, 6.07) is -1.01. The second kappa shape index (κ2) is 7.53. The third-order valence-corrected chi connectivity index (χ3v) is 3.03. The highest BCUT2D eigenvalue weighted by Gasteiger charge is 2.20. The number of nitrogens with one attached hydrogen (secondary N) is 2. The monoisotopic (exact) mass is 297 g/mol. The summed E-state index contributed by atoms with van der Waals surface area (Å²) < 4.78 is 4.81. The molecule has 1 amide bonds. The molecule has 116 valence electrons. The Bertz CT molecular complexity index is 555. The van der Waals surface area contributed by atoms with E-state index in [0.29, 0.717) is 17.0 Å². The maximum absolute atomic E-state index is 11.9. The second-order valence-corrected chi connectivity index (χ2v) is 4.65. The van der Waals surface area contributed by atoms with Gasteiger partial charge < -0.3 is 20.1 Å². The van der Waals surface area contributed by atoms with E-state index in [2.05, 4.69) is 15.3 Å². The Kier molecular flexibility index (Phi) is 6.04. The predicted octanol–water partition coefficient (Wildman–Crippen LogP) is -0.465. The molecule has 0 spiro atoms. The van der Waals surface area contributed by atoms with Crippen molar-refractivity contribution in [2.75, 3.05) is 13.7 Å². The summed E-state index contributed by atoms with van der Waals surface area (Å²) >= 11 is 0. The topological polar surface area (TPSA) is 121 Å². The van der Waals surface area contributed by atoms with Crippen molar-refractivity contribution in [3.8, 4) is 0 Å². The van der Waals surface area contributed by atoms with Gasteiger partial charge in [0.1, 0.15) is 6.04 Å². The van der Waals surface area contributed by atoms with Crippen molar-refractivity contribution in [1.29, 1.82) is 0 Å². The Labute approximate surface area is 121 Å². The summed E-state index contributed by atoms with van der Waals surface area (Å²) in [5.41, 5.74) is 1.11. The van der Waals surface area contributed by atoms with Crippen molar-refractivity contribution in [2.24, 2.45) is 0 Å². The lowest BCUT2D eigenvalue weighted by atomic mass is 10.1. The van der Waals surface area contributed by atoms with E-state index in [1.54, 1.807) is 13.8 Å². The fourth-order valence-corrected chi connectivity index (χ4v) is 1.91. The lowest BCUT2D eigenvalue weighted by molar-refractivity contribution is -0.142. The molecule has 1 aromatic heterocycles. The van der Waals surface area contributed by atoms with Crippen LogP contribution >= 0.6 is 0 Å². The maximum Gasteiger partial charge on any atom is 0.345 e. The number of aliphatic carboxylic acids is 1. The van der Waals surface area contributed by atoms with Gasteiger partial charge in [-0.25, -0.2) is 9.59 Å². The third kappa shape index (κ3) is 4.99. The molecule has 8 nitrogen and oxygen atoms in total. The third-order valence-electron chi connectivity index (χ3n) is 3.03. The SMILES string of the molecule is COCCC(NC(=O)Cc1c(C)nc(=O)[nH]c1C)C(=O)O. The fraction of sp³-hybridized carbons (Fsp3) is 0.538. The van der Waals surface area contributed by atoms with Crippen LogP contribution in [0.2, 0.25) is 0 Å². The molecule has 1 unspecified atom stereocenters. The van der Waals surface area contributed by atoms with Crippen molar-refractivity contribution < 1.29 is 19.4 Å². The quantitative estimate of drug-likeness (QED) is 0.626. The molecule has 0 saturated carbocycles. The molecule has 1 atom stereocenters. The molecule has 0 aromatic carbocycles. The average molecular weight is 297 g/mol. The molecule has 1 heterocycles. The highest BCUT2D eigenvalue weighted by Crippen LogP contribution is 2.08. The molecule has 0 bridgehead atoms. The van der Waals surface area contributed by atoms with Gasteiger partial charge in [0, 0.05) is 37.1 Å². The summed E-state index contributed by atoms with van der Waals surface area (Å²) in [4.78, 5) is 40.4. The Morgan fingerprint density at radius 2 is 2.10 bits per heavy atom. The van der Waals surface area contributed by atoms with Crippen LogP contribution in [-0.4, -0.2) is 46.7 Å². The number of carboxylic acid groups (broad SMARTS) is 1. The Morgan fingerprint density at radius 1 is 1.43 bits per heavy atom. The molecule has 0 aliphatic heterocycles. The van der Waals surface area contributed by atoms with Crippen LogP contribution in [0.4, 0.5) is 0 Å². The first-order chi connectivity index (χ1) is 9.85. The molecule has 1 rings (SSSR count). The van der Waals surface area contributed by atoms with E-state index in [1.807, 2.05) is 0 Å². The van der Waals surface area contributed by atoms with Crippen LogP contribution in [0.25, 0.3) is 0 Å². The number of aromatic nitrogens is 2. The zero-order valence-corrected chi connectivity index (χ0v) is 12.2. The van der Waals surface area contributed by atoms with Crippen molar-refractivity contribution in [2.45, 2.75) is 32.7 Å². The summed E-state index contributed by atoms with van der Waals surface area (Å²) in [7, 11) is 1.46. The molecule has 8 heteroatoms. The number of rotatable bonds is 7. The van der Waals surface area contributed by atoms with Gasteiger partial charge in [0.2, 0.25) is 5.91 Å².